The molecule has 0 spiro atoms. The van der Waals surface area contributed by atoms with Gasteiger partial charge in [-0.2, -0.15) is 0 Å². The van der Waals surface area contributed by atoms with Crippen LogP contribution in [0.15, 0.2) is 5.38 Å². The van der Waals surface area contributed by atoms with Crippen molar-refractivity contribution in [3.63, 3.8) is 0 Å². The summed E-state index contributed by atoms with van der Waals surface area (Å²) in [6.45, 7) is 8.04. The first kappa shape index (κ1) is 15.1. The molecule has 0 radical (unpaired) electrons. The van der Waals surface area contributed by atoms with E-state index >= 15 is 0 Å². The predicted molar refractivity (Wildman–Crippen MR) is 73.7 cm³/mol. The number of aliphatic hydroxyl groups is 1. The molecule has 1 N–H and O–H groups in total. The van der Waals surface area contributed by atoms with Gasteiger partial charge in [0.05, 0.1) is 23.2 Å². The number of amides is 1. The molecule has 1 heterocycles. The van der Waals surface area contributed by atoms with Gasteiger partial charge in [0, 0.05) is 18.0 Å². The van der Waals surface area contributed by atoms with Crippen LogP contribution in [0.2, 0.25) is 0 Å². The molecular weight excluding hydrogens is 248 g/mol. The van der Waals surface area contributed by atoms with Gasteiger partial charge in [-0.05, 0) is 27.2 Å². The van der Waals surface area contributed by atoms with Crippen molar-refractivity contribution in [3.8, 4) is 0 Å². The van der Waals surface area contributed by atoms with Crippen molar-refractivity contribution in [2.45, 2.75) is 52.7 Å². The zero-order valence-electron chi connectivity index (χ0n) is 11.5. The standard InChI is InChI=1S/C13H22N2O2S/c1-5-12-14-11(8-18-12)6-13(17)15(9(2)3)7-10(4)16/h8-10,16H,5-7H2,1-4H3. The van der Waals surface area contributed by atoms with Crippen LogP contribution < -0.4 is 0 Å². The van der Waals surface area contributed by atoms with Crippen molar-refractivity contribution < 1.29 is 9.90 Å². The molecule has 1 aromatic heterocycles. The third-order valence-corrected chi connectivity index (χ3v) is 3.68. The lowest BCUT2D eigenvalue weighted by Crippen LogP contribution is -2.42. The van der Waals surface area contributed by atoms with Gasteiger partial charge in [0.2, 0.25) is 5.91 Å². The molecule has 0 fully saturated rings. The van der Waals surface area contributed by atoms with Crippen LogP contribution in [-0.2, 0) is 17.6 Å². The number of rotatable bonds is 6. The Morgan fingerprint density at radius 2 is 2.17 bits per heavy atom. The number of hydrogen-bond donors (Lipinski definition) is 1. The van der Waals surface area contributed by atoms with Gasteiger partial charge in [0.1, 0.15) is 0 Å². The van der Waals surface area contributed by atoms with Crippen LogP contribution in [-0.4, -0.2) is 39.6 Å². The molecule has 4 nitrogen and oxygen atoms in total. The minimum Gasteiger partial charge on any atom is -0.392 e. The molecule has 1 amide bonds. The van der Waals surface area contributed by atoms with E-state index < -0.39 is 6.10 Å². The average Bonchev–Trinajstić information content (AvgIpc) is 2.72. The summed E-state index contributed by atoms with van der Waals surface area (Å²) >= 11 is 1.59. The monoisotopic (exact) mass is 270 g/mol. The lowest BCUT2D eigenvalue weighted by molar-refractivity contribution is -0.133. The maximum atomic E-state index is 12.2. The summed E-state index contributed by atoms with van der Waals surface area (Å²) in [5.41, 5.74) is 0.832. The van der Waals surface area contributed by atoms with Crippen molar-refractivity contribution in [2.75, 3.05) is 6.54 Å². The highest BCUT2D eigenvalue weighted by atomic mass is 32.1. The first-order valence-corrected chi connectivity index (χ1v) is 7.22. The molecule has 1 unspecified atom stereocenters. The van der Waals surface area contributed by atoms with Gasteiger partial charge in [0.25, 0.3) is 0 Å². The van der Waals surface area contributed by atoms with Gasteiger partial charge < -0.3 is 10.0 Å². The third kappa shape index (κ3) is 4.38. The fourth-order valence-corrected chi connectivity index (χ4v) is 2.48. The lowest BCUT2D eigenvalue weighted by atomic mass is 10.2. The molecule has 1 atom stereocenters. The predicted octanol–water partition coefficient (Wildman–Crippen LogP) is 1.87. The Kier molecular flexibility index (Phi) is 5.75. The Hall–Kier alpha value is -0.940. The Morgan fingerprint density at radius 3 is 2.61 bits per heavy atom. The SMILES string of the molecule is CCc1nc(CC(=O)N(CC(C)O)C(C)C)cs1. The molecule has 0 aliphatic carbocycles. The zero-order chi connectivity index (χ0) is 13.7. The van der Waals surface area contributed by atoms with Crippen molar-refractivity contribution in [3.05, 3.63) is 16.1 Å². The number of thiazole rings is 1. The number of aromatic nitrogens is 1. The summed E-state index contributed by atoms with van der Waals surface area (Å²) in [6.07, 6.45) is 0.722. The van der Waals surface area contributed by atoms with E-state index in [4.69, 9.17) is 0 Å². The molecule has 0 bridgehead atoms. The first-order valence-electron chi connectivity index (χ1n) is 6.34. The van der Waals surface area contributed by atoms with E-state index in [1.54, 1.807) is 23.2 Å². The van der Waals surface area contributed by atoms with Crippen molar-refractivity contribution in [2.24, 2.45) is 0 Å². The average molecular weight is 270 g/mol. The van der Waals surface area contributed by atoms with E-state index in [1.165, 1.54) is 0 Å². The van der Waals surface area contributed by atoms with Crippen molar-refractivity contribution in [1.82, 2.24) is 9.88 Å². The number of aliphatic hydroxyl groups excluding tert-OH is 1. The van der Waals surface area contributed by atoms with Crippen molar-refractivity contribution in [1.29, 1.82) is 0 Å². The Labute approximate surface area is 113 Å². The summed E-state index contributed by atoms with van der Waals surface area (Å²) < 4.78 is 0. The number of hydrogen-bond acceptors (Lipinski definition) is 4. The first-order chi connectivity index (χ1) is 8.43. The Balaban J connectivity index is 2.66. The van der Waals surface area contributed by atoms with Gasteiger partial charge in [-0.1, -0.05) is 6.92 Å². The molecule has 0 saturated heterocycles. The zero-order valence-corrected chi connectivity index (χ0v) is 12.3. The van der Waals surface area contributed by atoms with E-state index in [1.807, 2.05) is 19.2 Å². The normalized spacial score (nSPS) is 12.8. The van der Waals surface area contributed by atoms with Gasteiger partial charge in [-0.3, -0.25) is 4.79 Å². The van der Waals surface area contributed by atoms with Gasteiger partial charge >= 0.3 is 0 Å². The maximum absolute atomic E-state index is 12.2. The second-order valence-electron chi connectivity index (χ2n) is 4.75. The molecular formula is C13H22N2O2S. The minimum absolute atomic E-state index is 0.0267. The fourth-order valence-electron chi connectivity index (χ4n) is 1.73. The van der Waals surface area contributed by atoms with Crippen LogP contribution in [0.1, 0.15) is 38.4 Å². The quantitative estimate of drug-likeness (QED) is 0.858. The van der Waals surface area contributed by atoms with E-state index in [-0.39, 0.29) is 11.9 Å². The summed E-state index contributed by atoms with van der Waals surface area (Å²) in [6, 6.07) is 0.0939. The third-order valence-electron chi connectivity index (χ3n) is 2.64. The summed E-state index contributed by atoms with van der Waals surface area (Å²) in [5.74, 6) is 0.0267. The summed E-state index contributed by atoms with van der Waals surface area (Å²) in [5, 5.41) is 12.4. The Bertz CT molecular complexity index is 388. The maximum Gasteiger partial charge on any atom is 0.228 e. The van der Waals surface area contributed by atoms with Crippen LogP contribution in [0.3, 0.4) is 0 Å². The number of nitrogens with zero attached hydrogens (tertiary/aromatic N) is 2. The molecule has 0 aromatic carbocycles. The second-order valence-corrected chi connectivity index (χ2v) is 5.69. The van der Waals surface area contributed by atoms with E-state index in [0.29, 0.717) is 13.0 Å². The highest BCUT2D eigenvalue weighted by Crippen LogP contribution is 2.12. The molecule has 5 heteroatoms. The van der Waals surface area contributed by atoms with Crippen LogP contribution in [0.25, 0.3) is 0 Å². The van der Waals surface area contributed by atoms with Crippen LogP contribution in [0, 0.1) is 0 Å². The highest BCUT2D eigenvalue weighted by molar-refractivity contribution is 7.09. The molecule has 18 heavy (non-hydrogen) atoms. The second kappa shape index (κ2) is 6.85. The Morgan fingerprint density at radius 1 is 1.50 bits per heavy atom. The highest BCUT2D eigenvalue weighted by Gasteiger charge is 2.19. The van der Waals surface area contributed by atoms with Crippen LogP contribution >= 0.6 is 11.3 Å². The fraction of sp³-hybridized carbons (Fsp3) is 0.692. The van der Waals surface area contributed by atoms with Crippen LogP contribution in [0.5, 0.6) is 0 Å². The van der Waals surface area contributed by atoms with E-state index in [0.717, 1.165) is 17.1 Å². The van der Waals surface area contributed by atoms with Gasteiger partial charge in [-0.25, -0.2) is 4.98 Å². The van der Waals surface area contributed by atoms with E-state index in [9.17, 15) is 9.90 Å². The largest absolute Gasteiger partial charge is 0.392 e. The van der Waals surface area contributed by atoms with Gasteiger partial charge in [-0.15, -0.1) is 11.3 Å². The molecule has 0 aliphatic heterocycles. The smallest absolute Gasteiger partial charge is 0.228 e. The van der Waals surface area contributed by atoms with Gasteiger partial charge in [0.15, 0.2) is 0 Å². The topological polar surface area (TPSA) is 53.4 Å². The minimum atomic E-state index is -0.502. The molecule has 0 saturated carbocycles. The van der Waals surface area contributed by atoms with E-state index in [2.05, 4.69) is 11.9 Å². The molecule has 1 aromatic rings. The molecule has 1 rings (SSSR count). The number of carbonyl (C=O) groups is 1. The summed E-state index contributed by atoms with van der Waals surface area (Å²) in [4.78, 5) is 18.3. The van der Waals surface area contributed by atoms with Crippen LogP contribution in [0.4, 0.5) is 0 Å². The summed E-state index contributed by atoms with van der Waals surface area (Å²) in [7, 11) is 0. The number of carbonyl (C=O) groups excluding carboxylic acids is 1. The number of aryl methyl sites for hydroxylation is 1. The van der Waals surface area contributed by atoms with Crippen molar-refractivity contribution >= 4 is 17.2 Å². The molecule has 0 aliphatic rings. The lowest BCUT2D eigenvalue weighted by Gasteiger charge is -2.27. The molecule has 102 valence electrons.